The summed E-state index contributed by atoms with van der Waals surface area (Å²) in [6, 6.07) is 1.99. The molecule has 0 saturated heterocycles. The number of benzene rings is 1. The molecule has 0 aromatic heterocycles. The summed E-state index contributed by atoms with van der Waals surface area (Å²) in [6.07, 6.45) is -1.54. The van der Waals surface area contributed by atoms with Crippen LogP contribution in [0, 0.1) is 15.5 Å². The van der Waals surface area contributed by atoms with Crippen LogP contribution in [-0.2, 0) is 5.41 Å². The van der Waals surface area contributed by atoms with Gasteiger partial charge in [-0.05, 0) is 34.9 Å². The number of hydrogen-bond donors (Lipinski definition) is 1. The van der Waals surface area contributed by atoms with Gasteiger partial charge in [-0.25, -0.2) is 0 Å². The van der Waals surface area contributed by atoms with Crippen LogP contribution in [0.2, 0.25) is 0 Å². The average Bonchev–Trinajstić information content (AvgIpc) is 2.57. The van der Waals surface area contributed by atoms with E-state index in [1.165, 1.54) is 6.07 Å². The number of alkyl halides is 3. The summed E-state index contributed by atoms with van der Waals surface area (Å²) in [6.45, 7) is 10.5. The first-order valence-corrected chi connectivity index (χ1v) is 9.45. The van der Waals surface area contributed by atoms with Gasteiger partial charge >= 0.3 is 6.18 Å². The first-order valence-electron chi connectivity index (χ1n) is 9.45. The maximum atomic E-state index is 12.9. The third-order valence-corrected chi connectivity index (χ3v) is 4.77. The molecule has 9 heteroatoms. The fourth-order valence-electron chi connectivity index (χ4n) is 3.72. The maximum Gasteiger partial charge on any atom is 0.416 e. The monoisotopic (exact) mass is 425 g/mol. The van der Waals surface area contributed by atoms with Crippen LogP contribution in [0.4, 0.5) is 18.9 Å². The first kappa shape index (κ1) is 23.6. The number of allylic oxidation sites excluding steroid dienone is 2. The highest BCUT2D eigenvalue weighted by Crippen LogP contribution is 2.40. The molecular weight excluding hydrogens is 399 g/mol. The lowest BCUT2D eigenvalue weighted by Gasteiger charge is -2.33. The second kappa shape index (κ2) is 8.20. The van der Waals surface area contributed by atoms with E-state index in [1.54, 1.807) is 12.1 Å². The molecule has 0 fully saturated rings. The topological polar surface area (TPSA) is 88.1 Å². The number of nitro groups is 1. The summed E-state index contributed by atoms with van der Waals surface area (Å²) >= 11 is 0. The molecule has 0 bridgehead atoms. The van der Waals surface area contributed by atoms with E-state index >= 15 is 0 Å². The maximum absolute atomic E-state index is 12.9. The van der Waals surface area contributed by atoms with Crippen LogP contribution < -0.4 is 0 Å². The zero-order valence-electron chi connectivity index (χ0n) is 17.6. The Morgan fingerprint density at radius 3 is 2.33 bits per heavy atom. The van der Waals surface area contributed by atoms with Gasteiger partial charge in [0.15, 0.2) is 6.04 Å². The van der Waals surface area contributed by atoms with E-state index in [0.717, 1.165) is 24.1 Å². The van der Waals surface area contributed by atoms with Crippen molar-refractivity contribution >= 4 is 5.69 Å². The van der Waals surface area contributed by atoms with Gasteiger partial charge < -0.3 is 5.11 Å². The molecule has 2 unspecified atom stereocenters. The third kappa shape index (κ3) is 5.90. The van der Waals surface area contributed by atoms with Crippen LogP contribution in [0.5, 0.6) is 5.75 Å². The van der Waals surface area contributed by atoms with Crippen LogP contribution in [0.15, 0.2) is 52.2 Å². The van der Waals surface area contributed by atoms with E-state index in [2.05, 4.69) is 44.8 Å². The molecule has 0 heterocycles. The molecular formula is C21H26F3N3O3. The van der Waals surface area contributed by atoms with Gasteiger partial charge in [-0.1, -0.05) is 52.8 Å². The Morgan fingerprint density at radius 1 is 1.17 bits per heavy atom. The van der Waals surface area contributed by atoms with Crippen molar-refractivity contribution in [2.24, 2.45) is 15.6 Å². The van der Waals surface area contributed by atoms with Gasteiger partial charge in [-0.3, -0.25) is 10.1 Å². The molecule has 1 aliphatic carbocycles. The van der Waals surface area contributed by atoms with Crippen molar-refractivity contribution in [2.45, 2.75) is 64.7 Å². The van der Waals surface area contributed by atoms with E-state index in [1.807, 2.05) is 0 Å². The van der Waals surface area contributed by atoms with Crippen molar-refractivity contribution in [3.8, 4) is 5.75 Å². The highest BCUT2D eigenvalue weighted by atomic mass is 19.4. The SMILES string of the molecule is CC(C)(C)CC(C)(C)c1ccc(O)c(N=NC2C=CC(C(F)(F)F)=CC2[N+](=O)[O-])c1. The molecule has 1 aromatic carbocycles. The number of hydrogen-bond acceptors (Lipinski definition) is 5. The zero-order chi connectivity index (χ0) is 22.9. The van der Waals surface area contributed by atoms with E-state index in [4.69, 9.17) is 0 Å². The smallest absolute Gasteiger partial charge is 0.416 e. The summed E-state index contributed by atoms with van der Waals surface area (Å²) in [5, 5.41) is 29.1. The molecule has 1 aromatic rings. The van der Waals surface area contributed by atoms with Crippen LogP contribution in [-0.4, -0.2) is 28.3 Å². The summed E-state index contributed by atoms with van der Waals surface area (Å²) in [7, 11) is 0. The van der Waals surface area contributed by atoms with Crippen molar-refractivity contribution in [1.82, 2.24) is 0 Å². The van der Waals surface area contributed by atoms with E-state index in [9.17, 15) is 28.4 Å². The highest BCUT2D eigenvalue weighted by Gasteiger charge is 2.39. The van der Waals surface area contributed by atoms with Crippen LogP contribution in [0.1, 0.15) is 46.6 Å². The van der Waals surface area contributed by atoms with Crippen LogP contribution in [0.3, 0.4) is 0 Å². The molecule has 6 nitrogen and oxygen atoms in total. The van der Waals surface area contributed by atoms with Gasteiger partial charge in [-0.2, -0.15) is 23.4 Å². The Morgan fingerprint density at radius 2 is 1.80 bits per heavy atom. The summed E-state index contributed by atoms with van der Waals surface area (Å²) in [4.78, 5) is 10.4. The number of phenols is 1. The first-order chi connectivity index (χ1) is 13.6. The number of nitrogens with zero attached hydrogens (tertiary/aromatic N) is 3. The minimum atomic E-state index is -4.68. The molecule has 1 aliphatic rings. The fourth-order valence-corrected chi connectivity index (χ4v) is 3.72. The van der Waals surface area contributed by atoms with E-state index in [-0.39, 0.29) is 22.3 Å². The Kier molecular flexibility index (Phi) is 6.44. The Balaban J connectivity index is 2.33. The van der Waals surface area contributed by atoms with Crippen molar-refractivity contribution in [2.75, 3.05) is 0 Å². The molecule has 30 heavy (non-hydrogen) atoms. The minimum absolute atomic E-state index is 0.0530. The second-order valence-electron chi connectivity index (χ2n) is 9.29. The third-order valence-electron chi connectivity index (χ3n) is 4.77. The minimum Gasteiger partial charge on any atom is -0.506 e. The lowest BCUT2D eigenvalue weighted by atomic mass is 9.72. The normalized spacial score (nSPS) is 20.5. The van der Waals surface area contributed by atoms with Gasteiger partial charge in [0, 0.05) is 11.0 Å². The number of phenolic OH excluding ortho intramolecular Hbond substituents is 1. The predicted octanol–water partition coefficient (Wildman–Crippen LogP) is 6.26. The summed E-state index contributed by atoms with van der Waals surface area (Å²) in [5.74, 6) is -0.168. The summed E-state index contributed by atoms with van der Waals surface area (Å²) in [5.41, 5.74) is -0.278. The zero-order valence-corrected chi connectivity index (χ0v) is 17.6. The lowest BCUT2D eigenvalue weighted by Crippen LogP contribution is -2.33. The highest BCUT2D eigenvalue weighted by molar-refractivity contribution is 5.53. The lowest BCUT2D eigenvalue weighted by molar-refractivity contribution is -0.511. The van der Waals surface area contributed by atoms with Crippen molar-refractivity contribution in [3.63, 3.8) is 0 Å². The van der Waals surface area contributed by atoms with Crippen LogP contribution >= 0.6 is 0 Å². The molecule has 0 radical (unpaired) electrons. The van der Waals surface area contributed by atoms with Gasteiger partial charge in [-0.15, -0.1) is 0 Å². The molecule has 0 amide bonds. The number of azo groups is 1. The number of rotatable bonds is 5. The quantitative estimate of drug-likeness (QED) is 0.343. The van der Waals surface area contributed by atoms with Gasteiger partial charge in [0.1, 0.15) is 11.4 Å². The van der Waals surface area contributed by atoms with Crippen LogP contribution in [0.25, 0.3) is 0 Å². The predicted molar refractivity (Wildman–Crippen MR) is 108 cm³/mol. The Hall–Kier alpha value is -2.71. The average molecular weight is 425 g/mol. The molecule has 0 saturated carbocycles. The number of halogens is 3. The van der Waals surface area contributed by atoms with Crippen molar-refractivity contribution < 1.29 is 23.2 Å². The van der Waals surface area contributed by atoms with E-state index in [0.29, 0.717) is 6.08 Å². The molecule has 1 N–H and O–H groups in total. The van der Waals surface area contributed by atoms with Crippen molar-refractivity contribution in [1.29, 1.82) is 0 Å². The molecule has 0 aliphatic heterocycles. The Bertz CT molecular complexity index is 897. The molecule has 2 rings (SSSR count). The standard InChI is InChI=1S/C21H26F3N3O3/c1-19(2,3)12-20(4,5)13-7-9-18(28)16(10-13)26-25-15-8-6-14(21(22,23)24)11-17(15)27(29)30/h6-11,15,17,28H,12H2,1-5H3. The second-order valence-corrected chi connectivity index (χ2v) is 9.29. The fraction of sp³-hybridized carbons (Fsp3) is 0.524. The molecule has 164 valence electrons. The molecule has 2 atom stereocenters. The Labute approximate surface area is 173 Å². The van der Waals surface area contributed by atoms with Crippen molar-refractivity contribution in [3.05, 3.63) is 57.7 Å². The van der Waals surface area contributed by atoms with Gasteiger partial charge in [0.05, 0.1) is 5.57 Å². The number of aromatic hydroxyl groups is 1. The van der Waals surface area contributed by atoms with E-state index < -0.39 is 28.8 Å². The van der Waals surface area contributed by atoms with Gasteiger partial charge in [0.2, 0.25) is 0 Å². The molecule has 0 spiro atoms. The summed E-state index contributed by atoms with van der Waals surface area (Å²) < 4.78 is 38.6. The largest absolute Gasteiger partial charge is 0.506 e. The van der Waals surface area contributed by atoms with Gasteiger partial charge in [0.25, 0.3) is 6.04 Å².